The van der Waals surface area contributed by atoms with E-state index in [2.05, 4.69) is 31.2 Å². The minimum atomic E-state index is -0.541. The maximum atomic E-state index is 12.4. The Morgan fingerprint density at radius 1 is 1.29 bits per heavy atom. The third-order valence-electron chi connectivity index (χ3n) is 3.11. The van der Waals surface area contributed by atoms with Gasteiger partial charge < -0.3 is 15.0 Å². The molecule has 0 aliphatic rings. The fraction of sp³-hybridized carbons (Fsp3) is 0.133. The van der Waals surface area contributed by atoms with Gasteiger partial charge in [-0.25, -0.2) is 9.78 Å². The Kier molecular flexibility index (Phi) is 4.83. The number of nitrogens with one attached hydrogen (secondary N) is 2. The van der Waals surface area contributed by atoms with E-state index in [4.69, 9.17) is 4.74 Å². The smallest absolute Gasteiger partial charge is 0.356 e. The third-order valence-corrected chi connectivity index (χ3v) is 5.81. The molecule has 124 valence electrons. The van der Waals surface area contributed by atoms with Crippen molar-refractivity contribution in [2.24, 2.45) is 0 Å². The largest absolute Gasteiger partial charge is 0.464 e. The van der Waals surface area contributed by atoms with E-state index in [9.17, 15) is 9.59 Å². The monoisotopic (exact) mass is 425 g/mol. The molecule has 3 aromatic heterocycles. The molecule has 6 nitrogen and oxygen atoms in total. The van der Waals surface area contributed by atoms with Gasteiger partial charge in [0.05, 0.1) is 17.7 Å². The normalized spacial score (nSPS) is 10.6. The summed E-state index contributed by atoms with van der Waals surface area (Å²) in [7, 11) is 1.29. The van der Waals surface area contributed by atoms with Gasteiger partial charge >= 0.3 is 5.97 Å². The number of halogens is 1. The van der Waals surface area contributed by atoms with Crippen molar-refractivity contribution < 1.29 is 14.3 Å². The van der Waals surface area contributed by atoms with Crippen LogP contribution >= 0.6 is 38.6 Å². The van der Waals surface area contributed by atoms with Crippen molar-refractivity contribution in [1.82, 2.24) is 9.97 Å². The Bertz CT molecular complexity index is 913. The van der Waals surface area contributed by atoms with Crippen LogP contribution in [0.1, 0.15) is 26.7 Å². The lowest BCUT2D eigenvalue weighted by Crippen LogP contribution is -2.15. The van der Waals surface area contributed by atoms with Gasteiger partial charge in [-0.15, -0.1) is 22.7 Å². The molecule has 3 rings (SSSR count). The zero-order valence-electron chi connectivity index (χ0n) is 12.7. The Morgan fingerprint density at radius 2 is 2.08 bits per heavy atom. The molecule has 1 amide bonds. The highest BCUT2D eigenvalue weighted by molar-refractivity contribution is 9.10. The molecule has 3 heterocycles. The highest BCUT2D eigenvalue weighted by Gasteiger charge is 2.19. The summed E-state index contributed by atoms with van der Waals surface area (Å²) in [5.41, 5.74) is 1.63. The first-order valence-electron chi connectivity index (χ1n) is 6.77. The van der Waals surface area contributed by atoms with Crippen molar-refractivity contribution in [3.63, 3.8) is 0 Å². The van der Waals surface area contributed by atoms with Gasteiger partial charge in [-0.3, -0.25) is 4.79 Å². The number of anilines is 1. The van der Waals surface area contributed by atoms with E-state index in [-0.39, 0.29) is 11.6 Å². The molecule has 9 heteroatoms. The molecule has 0 saturated carbocycles. The van der Waals surface area contributed by atoms with E-state index in [1.807, 2.05) is 11.4 Å². The second-order valence-corrected chi connectivity index (χ2v) is 7.54. The van der Waals surface area contributed by atoms with Gasteiger partial charge in [0.25, 0.3) is 5.91 Å². The molecule has 0 fully saturated rings. The molecule has 2 N–H and O–H groups in total. The zero-order valence-corrected chi connectivity index (χ0v) is 15.9. The number of methoxy groups -OCH3 is 1. The summed E-state index contributed by atoms with van der Waals surface area (Å²) in [6, 6.07) is 3.63. The van der Waals surface area contributed by atoms with Crippen molar-refractivity contribution >= 4 is 56.2 Å². The summed E-state index contributed by atoms with van der Waals surface area (Å²) in [6.07, 6.45) is 0. The predicted molar refractivity (Wildman–Crippen MR) is 97.9 cm³/mol. The van der Waals surface area contributed by atoms with Gasteiger partial charge in [0.15, 0.2) is 0 Å². The number of ether oxygens (including phenoxy) is 1. The van der Waals surface area contributed by atoms with Crippen molar-refractivity contribution in [1.29, 1.82) is 0 Å². The number of H-pyrrole nitrogens is 1. The number of thiazole rings is 1. The molecule has 0 bridgehead atoms. The molecule has 0 aromatic carbocycles. The summed E-state index contributed by atoms with van der Waals surface area (Å²) >= 11 is 6.34. The second-order valence-electron chi connectivity index (χ2n) is 4.85. The zero-order chi connectivity index (χ0) is 17.3. The maximum Gasteiger partial charge on any atom is 0.356 e. The maximum absolute atomic E-state index is 12.4. The van der Waals surface area contributed by atoms with E-state index >= 15 is 0 Å². The van der Waals surface area contributed by atoms with E-state index in [1.54, 1.807) is 29.7 Å². The Labute approximate surface area is 154 Å². The topological polar surface area (TPSA) is 84.1 Å². The molecule has 0 aliphatic carbocycles. The van der Waals surface area contributed by atoms with Crippen LogP contribution in [0, 0.1) is 6.92 Å². The number of thiophene rings is 1. The van der Waals surface area contributed by atoms with E-state index in [0.29, 0.717) is 11.4 Å². The summed E-state index contributed by atoms with van der Waals surface area (Å²) in [6.45, 7) is 1.79. The van der Waals surface area contributed by atoms with Crippen LogP contribution in [0.5, 0.6) is 0 Å². The van der Waals surface area contributed by atoms with Crippen LogP contribution in [0.25, 0.3) is 9.88 Å². The molecule has 3 aromatic rings. The molecular weight excluding hydrogens is 414 g/mol. The van der Waals surface area contributed by atoms with E-state index < -0.39 is 5.97 Å². The van der Waals surface area contributed by atoms with Crippen molar-refractivity contribution in [3.8, 4) is 9.88 Å². The van der Waals surface area contributed by atoms with Gasteiger partial charge in [0.2, 0.25) is 0 Å². The number of nitrogens with zero attached hydrogens (tertiary/aromatic N) is 1. The van der Waals surface area contributed by atoms with Crippen LogP contribution in [0.2, 0.25) is 0 Å². The summed E-state index contributed by atoms with van der Waals surface area (Å²) in [4.78, 5) is 32.4. The summed E-state index contributed by atoms with van der Waals surface area (Å²) in [5, 5.41) is 7.12. The first-order valence-corrected chi connectivity index (χ1v) is 9.32. The molecule has 0 spiro atoms. The van der Waals surface area contributed by atoms with Gasteiger partial charge in [-0.1, -0.05) is 0 Å². The number of aromatic amines is 1. The number of rotatable bonds is 4. The van der Waals surface area contributed by atoms with Crippen LogP contribution in [-0.2, 0) is 4.74 Å². The van der Waals surface area contributed by atoms with Gasteiger partial charge in [0.1, 0.15) is 16.4 Å². The molecule has 0 radical (unpaired) electrons. The number of aryl methyl sites for hydroxylation is 1. The molecule has 0 saturated heterocycles. The number of carbonyl (C=O) groups is 2. The SMILES string of the molecule is COC(=O)c1[nH]c(C)cc1NC(=O)c1csc(-c2cc(Br)cs2)n1. The highest BCUT2D eigenvalue weighted by atomic mass is 79.9. The fourth-order valence-electron chi connectivity index (χ4n) is 2.05. The number of aromatic nitrogens is 2. The minimum absolute atomic E-state index is 0.209. The second kappa shape index (κ2) is 6.88. The average Bonchev–Trinajstić information content (AvgIpc) is 3.26. The van der Waals surface area contributed by atoms with Crippen LogP contribution in [0.4, 0.5) is 5.69 Å². The predicted octanol–water partition coefficient (Wildman–Crippen LogP) is 4.31. The number of hydrogen-bond acceptors (Lipinski definition) is 6. The third kappa shape index (κ3) is 3.42. The lowest BCUT2D eigenvalue weighted by atomic mass is 10.3. The highest BCUT2D eigenvalue weighted by Crippen LogP contribution is 2.32. The average molecular weight is 426 g/mol. The van der Waals surface area contributed by atoms with E-state index in [0.717, 1.165) is 20.1 Å². The van der Waals surface area contributed by atoms with Gasteiger partial charge in [0, 0.05) is 20.9 Å². The summed E-state index contributed by atoms with van der Waals surface area (Å²) < 4.78 is 5.68. The molecule has 0 unspecified atom stereocenters. The van der Waals surface area contributed by atoms with Gasteiger partial charge in [-0.2, -0.15) is 0 Å². The molecule has 0 aliphatic heterocycles. The number of amides is 1. The molecular formula is C15H12BrN3O3S2. The van der Waals surface area contributed by atoms with E-state index in [1.165, 1.54) is 18.4 Å². The quantitative estimate of drug-likeness (QED) is 0.609. The van der Waals surface area contributed by atoms with Gasteiger partial charge in [-0.05, 0) is 35.0 Å². The summed E-state index contributed by atoms with van der Waals surface area (Å²) in [5.74, 6) is -0.918. The van der Waals surface area contributed by atoms with Crippen LogP contribution < -0.4 is 5.32 Å². The van der Waals surface area contributed by atoms with Crippen LogP contribution in [0.3, 0.4) is 0 Å². The standard InChI is InChI=1S/C15H12BrN3O3S2/c1-7-3-9(12(17-7)15(21)22-2)18-13(20)10-6-24-14(19-10)11-4-8(16)5-23-11/h3-6,17H,1-2H3,(H,18,20). The Morgan fingerprint density at radius 3 is 2.75 bits per heavy atom. The Hall–Kier alpha value is -1.97. The first kappa shape index (κ1) is 16.9. The van der Waals surface area contributed by atoms with Crippen LogP contribution in [-0.4, -0.2) is 29.0 Å². The number of hydrogen-bond donors (Lipinski definition) is 2. The lowest BCUT2D eigenvalue weighted by molar-refractivity contribution is 0.0596. The molecule has 0 atom stereocenters. The van der Waals surface area contributed by atoms with Crippen molar-refractivity contribution in [2.45, 2.75) is 6.92 Å². The lowest BCUT2D eigenvalue weighted by Gasteiger charge is -2.03. The Balaban J connectivity index is 1.81. The minimum Gasteiger partial charge on any atom is -0.464 e. The molecule has 24 heavy (non-hydrogen) atoms. The fourth-order valence-corrected chi connectivity index (χ4v) is 4.36. The van der Waals surface area contributed by atoms with Crippen LogP contribution in [0.15, 0.2) is 27.4 Å². The van der Waals surface area contributed by atoms with Crippen molar-refractivity contribution in [2.75, 3.05) is 12.4 Å². The van der Waals surface area contributed by atoms with Crippen molar-refractivity contribution in [3.05, 3.63) is 44.4 Å². The number of carbonyl (C=O) groups excluding carboxylic acids is 2. The first-order chi connectivity index (χ1) is 11.5. The number of esters is 1.